The average Bonchev–Trinajstić information content (AvgIpc) is 2.77. The highest BCUT2D eigenvalue weighted by Gasteiger charge is 2.22. The van der Waals surface area contributed by atoms with E-state index < -0.39 is 0 Å². The summed E-state index contributed by atoms with van der Waals surface area (Å²) in [6, 6.07) is 17.2. The zero-order valence-corrected chi connectivity index (χ0v) is 16.5. The molecule has 3 aromatic rings. The van der Waals surface area contributed by atoms with Crippen molar-refractivity contribution in [2.45, 2.75) is 6.54 Å². The third kappa shape index (κ3) is 3.77. The lowest BCUT2D eigenvalue weighted by molar-refractivity contribution is 0.0944. The number of nitrogens with one attached hydrogen (secondary N) is 2. The Labute approximate surface area is 173 Å². The van der Waals surface area contributed by atoms with Gasteiger partial charge in [-0.05, 0) is 48.5 Å². The second-order valence-corrected chi connectivity index (χ2v) is 6.63. The van der Waals surface area contributed by atoms with Crippen molar-refractivity contribution in [3.63, 3.8) is 0 Å². The number of anilines is 1. The first-order valence-electron chi connectivity index (χ1n) is 9.30. The van der Waals surface area contributed by atoms with Crippen LogP contribution < -0.4 is 24.8 Å². The van der Waals surface area contributed by atoms with E-state index in [2.05, 4.69) is 10.6 Å². The van der Waals surface area contributed by atoms with Gasteiger partial charge in [0.25, 0.3) is 11.8 Å². The molecule has 7 heteroatoms. The van der Waals surface area contributed by atoms with Crippen molar-refractivity contribution in [2.75, 3.05) is 19.5 Å². The van der Waals surface area contributed by atoms with E-state index in [4.69, 9.17) is 14.2 Å². The van der Waals surface area contributed by atoms with Crippen LogP contribution in [0.4, 0.5) is 5.69 Å². The molecule has 1 aliphatic rings. The molecule has 0 spiro atoms. The molecule has 2 amide bonds. The number of rotatable bonds is 4. The van der Waals surface area contributed by atoms with Gasteiger partial charge in [-0.25, -0.2) is 0 Å². The Hall–Kier alpha value is -4.00. The number of methoxy groups -OCH3 is 2. The van der Waals surface area contributed by atoms with Gasteiger partial charge in [0.2, 0.25) is 0 Å². The zero-order chi connectivity index (χ0) is 21.1. The molecule has 0 saturated carbocycles. The number of ether oxygens (including phenoxy) is 3. The Morgan fingerprint density at radius 1 is 1.03 bits per heavy atom. The van der Waals surface area contributed by atoms with Crippen LogP contribution in [-0.2, 0) is 6.54 Å². The van der Waals surface area contributed by atoms with Crippen molar-refractivity contribution in [1.29, 1.82) is 0 Å². The molecule has 2 N–H and O–H groups in total. The van der Waals surface area contributed by atoms with Crippen LogP contribution in [0.5, 0.6) is 23.0 Å². The summed E-state index contributed by atoms with van der Waals surface area (Å²) in [7, 11) is 3.13. The summed E-state index contributed by atoms with van der Waals surface area (Å²) in [4.78, 5) is 25.2. The Kier molecular flexibility index (Phi) is 5.26. The molecule has 30 heavy (non-hydrogen) atoms. The molecule has 4 rings (SSSR count). The van der Waals surface area contributed by atoms with Gasteiger partial charge in [-0.3, -0.25) is 9.59 Å². The minimum Gasteiger partial charge on any atom is -0.497 e. The van der Waals surface area contributed by atoms with Gasteiger partial charge in [-0.15, -0.1) is 0 Å². The number of hydrogen-bond acceptors (Lipinski definition) is 5. The predicted octanol–water partition coefficient (Wildman–Crippen LogP) is 3.99. The second kappa shape index (κ2) is 8.16. The number of carbonyl (C=O) groups excluding carboxylic acids is 2. The van der Waals surface area contributed by atoms with E-state index in [9.17, 15) is 9.59 Å². The fraction of sp³-hybridized carbons (Fsp3) is 0.130. The summed E-state index contributed by atoms with van der Waals surface area (Å²) in [5.74, 6) is 1.58. The number of benzene rings is 3. The molecular weight excluding hydrogens is 384 g/mol. The summed E-state index contributed by atoms with van der Waals surface area (Å²) in [5, 5.41) is 5.68. The van der Waals surface area contributed by atoms with Crippen molar-refractivity contribution >= 4 is 17.5 Å². The van der Waals surface area contributed by atoms with Gasteiger partial charge < -0.3 is 24.8 Å². The van der Waals surface area contributed by atoms with Gasteiger partial charge in [0.05, 0.1) is 19.8 Å². The SMILES string of the molecule is COc1ccc(C(=O)Nc2ccc3c(c2)C(=O)NCc2cccc(OC)c2O3)cc1. The van der Waals surface area contributed by atoms with Crippen LogP contribution in [0.25, 0.3) is 0 Å². The van der Waals surface area contributed by atoms with E-state index in [-0.39, 0.29) is 11.8 Å². The number of carbonyl (C=O) groups is 2. The molecule has 0 bridgehead atoms. The Bertz CT molecular complexity index is 1110. The summed E-state index contributed by atoms with van der Waals surface area (Å²) >= 11 is 0. The summed E-state index contributed by atoms with van der Waals surface area (Å²) in [6.45, 7) is 0.299. The maximum absolute atomic E-state index is 12.7. The normalized spacial score (nSPS) is 12.3. The molecular formula is C23H20N2O5. The van der Waals surface area contributed by atoms with Crippen molar-refractivity contribution in [2.24, 2.45) is 0 Å². The number of hydrogen-bond donors (Lipinski definition) is 2. The number of amides is 2. The molecule has 152 valence electrons. The third-order valence-electron chi connectivity index (χ3n) is 4.77. The molecule has 0 fully saturated rings. The fourth-order valence-electron chi connectivity index (χ4n) is 3.18. The molecule has 0 atom stereocenters. The third-order valence-corrected chi connectivity index (χ3v) is 4.77. The first-order chi connectivity index (χ1) is 14.6. The van der Waals surface area contributed by atoms with E-state index in [0.717, 1.165) is 5.56 Å². The van der Waals surface area contributed by atoms with Crippen LogP contribution in [0.3, 0.4) is 0 Å². The zero-order valence-electron chi connectivity index (χ0n) is 16.5. The minimum absolute atomic E-state index is 0.293. The van der Waals surface area contributed by atoms with E-state index >= 15 is 0 Å². The Balaban J connectivity index is 1.62. The van der Waals surface area contributed by atoms with Gasteiger partial charge in [0, 0.05) is 23.4 Å². The maximum Gasteiger partial charge on any atom is 0.255 e. The van der Waals surface area contributed by atoms with E-state index in [1.165, 1.54) is 0 Å². The molecule has 1 aliphatic heterocycles. The highest BCUT2D eigenvalue weighted by Crippen LogP contribution is 2.38. The molecule has 0 saturated heterocycles. The van der Waals surface area contributed by atoms with Gasteiger partial charge >= 0.3 is 0 Å². The van der Waals surface area contributed by atoms with Crippen molar-refractivity contribution in [1.82, 2.24) is 5.32 Å². The fourth-order valence-corrected chi connectivity index (χ4v) is 3.18. The summed E-state index contributed by atoms with van der Waals surface area (Å²) in [6.07, 6.45) is 0. The van der Waals surface area contributed by atoms with Crippen LogP contribution in [0.2, 0.25) is 0 Å². The summed E-state index contributed by atoms with van der Waals surface area (Å²) in [5.41, 5.74) is 2.08. The van der Waals surface area contributed by atoms with Crippen molar-refractivity contribution in [3.05, 3.63) is 77.4 Å². The Morgan fingerprint density at radius 3 is 2.57 bits per heavy atom. The Morgan fingerprint density at radius 2 is 1.83 bits per heavy atom. The van der Waals surface area contributed by atoms with E-state index in [0.29, 0.717) is 46.4 Å². The molecule has 0 aliphatic carbocycles. The van der Waals surface area contributed by atoms with Gasteiger partial charge in [-0.2, -0.15) is 0 Å². The predicted molar refractivity (Wildman–Crippen MR) is 112 cm³/mol. The topological polar surface area (TPSA) is 85.9 Å². The van der Waals surface area contributed by atoms with Crippen LogP contribution in [0, 0.1) is 0 Å². The van der Waals surface area contributed by atoms with Gasteiger partial charge in [0.1, 0.15) is 11.5 Å². The smallest absolute Gasteiger partial charge is 0.255 e. The molecule has 0 radical (unpaired) electrons. The lowest BCUT2D eigenvalue weighted by Gasteiger charge is -2.20. The molecule has 3 aromatic carbocycles. The van der Waals surface area contributed by atoms with Crippen molar-refractivity contribution in [3.8, 4) is 23.0 Å². The number of para-hydroxylation sites is 1. The maximum atomic E-state index is 12.7. The molecule has 0 aromatic heterocycles. The standard InChI is InChI=1S/C23H20N2O5/c1-28-17-9-6-14(7-10-17)22(26)25-16-8-11-19-18(12-16)23(27)24-13-15-4-3-5-20(29-2)21(15)30-19/h3-12H,13H2,1-2H3,(H,24,27)(H,25,26). The van der Waals surface area contributed by atoms with E-state index in [1.54, 1.807) is 62.8 Å². The highest BCUT2D eigenvalue weighted by molar-refractivity contribution is 6.05. The highest BCUT2D eigenvalue weighted by atomic mass is 16.5. The largest absolute Gasteiger partial charge is 0.497 e. The second-order valence-electron chi connectivity index (χ2n) is 6.63. The lowest BCUT2D eigenvalue weighted by Crippen LogP contribution is -2.25. The lowest BCUT2D eigenvalue weighted by atomic mass is 10.1. The first kappa shape index (κ1) is 19.3. The minimum atomic E-state index is -0.295. The number of fused-ring (bicyclic) bond motifs is 2. The van der Waals surface area contributed by atoms with Crippen LogP contribution >= 0.6 is 0 Å². The monoisotopic (exact) mass is 404 g/mol. The first-order valence-corrected chi connectivity index (χ1v) is 9.30. The van der Waals surface area contributed by atoms with E-state index in [1.807, 2.05) is 12.1 Å². The molecule has 7 nitrogen and oxygen atoms in total. The summed E-state index contributed by atoms with van der Waals surface area (Å²) < 4.78 is 16.5. The van der Waals surface area contributed by atoms with Crippen LogP contribution in [-0.4, -0.2) is 26.0 Å². The molecule has 0 unspecified atom stereocenters. The van der Waals surface area contributed by atoms with Crippen LogP contribution in [0.1, 0.15) is 26.3 Å². The van der Waals surface area contributed by atoms with Gasteiger partial charge in [0.15, 0.2) is 11.5 Å². The van der Waals surface area contributed by atoms with Gasteiger partial charge in [-0.1, -0.05) is 12.1 Å². The molecule has 1 heterocycles. The van der Waals surface area contributed by atoms with Crippen molar-refractivity contribution < 1.29 is 23.8 Å². The van der Waals surface area contributed by atoms with Crippen LogP contribution in [0.15, 0.2) is 60.7 Å². The average molecular weight is 404 g/mol. The quantitative estimate of drug-likeness (QED) is 0.687.